The first-order valence-corrected chi connectivity index (χ1v) is 11.3. The van der Waals surface area contributed by atoms with E-state index in [9.17, 15) is 14.3 Å². The second-order valence-electron chi connectivity index (χ2n) is 9.31. The minimum absolute atomic E-state index is 0.0759. The quantitative estimate of drug-likeness (QED) is 0.566. The topological polar surface area (TPSA) is 102 Å². The van der Waals surface area contributed by atoms with E-state index in [1.54, 1.807) is 19.9 Å². The molecule has 4 rings (SSSR count). The van der Waals surface area contributed by atoms with Gasteiger partial charge in [0.25, 0.3) is 11.9 Å². The van der Waals surface area contributed by atoms with Crippen LogP contribution in [0.4, 0.5) is 4.39 Å². The molecule has 0 atom stereocenters. The predicted octanol–water partition coefficient (Wildman–Crippen LogP) is 3.48. The van der Waals surface area contributed by atoms with Crippen molar-refractivity contribution in [3.63, 3.8) is 0 Å². The van der Waals surface area contributed by atoms with Crippen molar-refractivity contribution in [2.75, 3.05) is 6.61 Å². The second-order valence-corrected chi connectivity index (χ2v) is 9.31. The molecule has 0 unspecified atom stereocenters. The molecule has 2 heterocycles. The normalized spacial score (nSPS) is 19.1. The number of aryl methyl sites for hydroxylation is 1. The van der Waals surface area contributed by atoms with Gasteiger partial charge in [0.05, 0.1) is 28.5 Å². The summed E-state index contributed by atoms with van der Waals surface area (Å²) < 4.78 is 21.1. The Labute approximate surface area is 192 Å². The zero-order valence-corrected chi connectivity index (χ0v) is 19.2. The number of aromatic nitrogens is 4. The van der Waals surface area contributed by atoms with Gasteiger partial charge in [-0.2, -0.15) is 9.78 Å². The van der Waals surface area contributed by atoms with Crippen LogP contribution in [0.5, 0.6) is 0 Å². The van der Waals surface area contributed by atoms with Crippen molar-refractivity contribution < 1.29 is 19.0 Å². The van der Waals surface area contributed by atoms with Crippen molar-refractivity contribution in [1.82, 2.24) is 25.1 Å². The Hall–Kier alpha value is -2.91. The van der Waals surface area contributed by atoms with Crippen molar-refractivity contribution in [1.29, 1.82) is 0 Å². The molecule has 1 amide bonds. The van der Waals surface area contributed by atoms with Crippen LogP contribution in [0.25, 0.3) is 16.9 Å². The summed E-state index contributed by atoms with van der Waals surface area (Å²) in [4.78, 5) is 21.2. The van der Waals surface area contributed by atoms with Gasteiger partial charge in [0.2, 0.25) is 0 Å². The molecule has 0 bridgehead atoms. The molecule has 0 aliphatic heterocycles. The summed E-state index contributed by atoms with van der Waals surface area (Å²) in [5, 5.41) is 18.1. The first-order valence-electron chi connectivity index (χ1n) is 11.3. The van der Waals surface area contributed by atoms with Crippen LogP contribution >= 0.6 is 0 Å². The summed E-state index contributed by atoms with van der Waals surface area (Å²) in [5.74, 6) is -0.309. The number of aliphatic hydroxyl groups is 1. The molecule has 1 saturated carbocycles. The fourth-order valence-corrected chi connectivity index (χ4v) is 4.06. The molecular weight excluding hydrogens is 425 g/mol. The highest BCUT2D eigenvalue weighted by atomic mass is 19.1. The number of hydrogen-bond donors (Lipinski definition) is 2. The third-order valence-electron chi connectivity index (χ3n) is 5.99. The van der Waals surface area contributed by atoms with E-state index in [-0.39, 0.29) is 29.8 Å². The Kier molecular flexibility index (Phi) is 6.71. The van der Waals surface area contributed by atoms with Crippen LogP contribution in [0.2, 0.25) is 0 Å². The summed E-state index contributed by atoms with van der Waals surface area (Å²) in [7, 11) is 0. The monoisotopic (exact) mass is 455 g/mol. The van der Waals surface area contributed by atoms with Gasteiger partial charge in [-0.05, 0) is 65.0 Å². The second kappa shape index (κ2) is 9.52. The average Bonchev–Trinajstić information content (AvgIpc) is 3.10. The van der Waals surface area contributed by atoms with Crippen LogP contribution in [0.3, 0.4) is 0 Å². The van der Waals surface area contributed by atoms with Gasteiger partial charge in [0.1, 0.15) is 5.82 Å². The number of fused-ring (bicyclic) bond motifs is 1. The first-order chi connectivity index (χ1) is 15.7. The van der Waals surface area contributed by atoms with Gasteiger partial charge in [0, 0.05) is 36.5 Å². The third kappa shape index (κ3) is 5.72. The van der Waals surface area contributed by atoms with Gasteiger partial charge in [0.15, 0.2) is 0 Å². The SMILES string of the molecule is Cc1nn(-c2ncc(C(=O)NC3CCC(OCCC(C)(C)O)CC3)cn2)c2cc(F)ccc12. The van der Waals surface area contributed by atoms with E-state index in [4.69, 9.17) is 4.74 Å². The lowest BCUT2D eigenvalue weighted by molar-refractivity contribution is -0.0165. The number of carbonyl (C=O) groups is 1. The summed E-state index contributed by atoms with van der Waals surface area (Å²) in [6.45, 7) is 5.92. The van der Waals surface area contributed by atoms with Crippen LogP contribution in [-0.2, 0) is 4.74 Å². The fourth-order valence-electron chi connectivity index (χ4n) is 4.06. The smallest absolute Gasteiger partial charge is 0.254 e. The molecular formula is C24H30FN5O3. The summed E-state index contributed by atoms with van der Waals surface area (Å²) >= 11 is 0. The number of halogens is 1. The van der Waals surface area contributed by atoms with Gasteiger partial charge < -0.3 is 15.2 Å². The maximum Gasteiger partial charge on any atom is 0.254 e. The molecule has 0 radical (unpaired) electrons. The standard InChI is InChI=1S/C24H30FN5O3/c1-15-20-9-4-17(25)12-21(20)30(29-15)23-26-13-16(14-27-23)22(31)28-18-5-7-19(8-6-18)33-11-10-24(2,3)32/h4,9,12-14,18-19,32H,5-8,10-11H2,1-3H3,(H,28,31). The fraction of sp³-hybridized carbons (Fsp3) is 0.500. The number of rotatable bonds is 7. The van der Waals surface area contributed by atoms with Crippen LogP contribution in [-0.4, -0.2) is 55.1 Å². The van der Waals surface area contributed by atoms with Gasteiger partial charge in [-0.3, -0.25) is 4.79 Å². The molecule has 0 spiro atoms. The van der Waals surface area contributed by atoms with Gasteiger partial charge in [-0.25, -0.2) is 14.4 Å². The Morgan fingerprint density at radius 3 is 2.61 bits per heavy atom. The molecule has 176 valence electrons. The van der Waals surface area contributed by atoms with E-state index >= 15 is 0 Å². The van der Waals surface area contributed by atoms with E-state index in [1.165, 1.54) is 29.2 Å². The van der Waals surface area contributed by atoms with Crippen molar-refractivity contribution in [3.05, 3.63) is 47.7 Å². The Bertz CT molecular complexity index is 1120. The highest BCUT2D eigenvalue weighted by Crippen LogP contribution is 2.23. The van der Waals surface area contributed by atoms with Crippen molar-refractivity contribution in [2.24, 2.45) is 0 Å². The lowest BCUT2D eigenvalue weighted by Gasteiger charge is -2.29. The lowest BCUT2D eigenvalue weighted by atomic mass is 9.92. The Balaban J connectivity index is 1.33. The molecule has 1 fully saturated rings. The summed E-state index contributed by atoms with van der Waals surface area (Å²) in [6, 6.07) is 4.54. The highest BCUT2D eigenvalue weighted by Gasteiger charge is 2.24. The van der Waals surface area contributed by atoms with Gasteiger partial charge >= 0.3 is 0 Å². The Morgan fingerprint density at radius 2 is 1.94 bits per heavy atom. The zero-order chi connectivity index (χ0) is 23.6. The molecule has 1 aliphatic rings. The largest absolute Gasteiger partial charge is 0.390 e. The number of nitrogens with zero attached hydrogens (tertiary/aromatic N) is 4. The lowest BCUT2D eigenvalue weighted by Crippen LogP contribution is -2.39. The molecule has 2 N–H and O–H groups in total. The van der Waals surface area contributed by atoms with Crippen molar-refractivity contribution in [2.45, 2.75) is 70.6 Å². The molecule has 0 saturated heterocycles. The van der Waals surface area contributed by atoms with Crippen LogP contribution < -0.4 is 5.32 Å². The van der Waals surface area contributed by atoms with Crippen LogP contribution in [0.15, 0.2) is 30.6 Å². The van der Waals surface area contributed by atoms with Crippen LogP contribution in [0.1, 0.15) is 62.0 Å². The first kappa shape index (κ1) is 23.3. The highest BCUT2D eigenvalue weighted by molar-refractivity contribution is 5.93. The minimum Gasteiger partial charge on any atom is -0.390 e. The summed E-state index contributed by atoms with van der Waals surface area (Å²) in [5.41, 5.74) is 0.963. The predicted molar refractivity (Wildman–Crippen MR) is 122 cm³/mol. The van der Waals surface area contributed by atoms with E-state index in [0.717, 1.165) is 36.8 Å². The van der Waals surface area contributed by atoms with Gasteiger partial charge in [-0.1, -0.05) is 0 Å². The average molecular weight is 456 g/mol. The maximum absolute atomic E-state index is 13.7. The molecule has 1 aromatic carbocycles. The molecule has 9 heteroatoms. The zero-order valence-electron chi connectivity index (χ0n) is 19.2. The third-order valence-corrected chi connectivity index (χ3v) is 5.99. The van der Waals surface area contributed by atoms with Crippen molar-refractivity contribution in [3.8, 4) is 5.95 Å². The van der Waals surface area contributed by atoms with E-state index < -0.39 is 5.60 Å². The molecule has 33 heavy (non-hydrogen) atoms. The number of amides is 1. The molecule has 3 aromatic rings. The van der Waals surface area contributed by atoms with Gasteiger partial charge in [-0.15, -0.1) is 0 Å². The molecule has 1 aliphatic carbocycles. The van der Waals surface area contributed by atoms with E-state index in [2.05, 4.69) is 20.4 Å². The maximum atomic E-state index is 13.7. The number of benzene rings is 1. The number of hydrogen-bond acceptors (Lipinski definition) is 6. The Morgan fingerprint density at radius 1 is 1.24 bits per heavy atom. The molecule has 2 aromatic heterocycles. The number of ether oxygens (including phenoxy) is 1. The van der Waals surface area contributed by atoms with Crippen molar-refractivity contribution >= 4 is 16.8 Å². The van der Waals surface area contributed by atoms with E-state index in [0.29, 0.717) is 24.1 Å². The number of carbonyl (C=O) groups excluding carboxylic acids is 1. The van der Waals surface area contributed by atoms with Crippen LogP contribution in [0, 0.1) is 12.7 Å². The number of nitrogens with one attached hydrogen (secondary N) is 1. The molecule has 8 nitrogen and oxygen atoms in total. The minimum atomic E-state index is -0.720. The summed E-state index contributed by atoms with van der Waals surface area (Å²) in [6.07, 6.45) is 7.10. The van der Waals surface area contributed by atoms with E-state index in [1.807, 2.05) is 6.92 Å².